The Morgan fingerprint density at radius 2 is 2.06 bits per heavy atom. The van der Waals surface area contributed by atoms with Gasteiger partial charge in [-0.2, -0.15) is 0 Å². The van der Waals surface area contributed by atoms with Crippen molar-refractivity contribution in [3.63, 3.8) is 0 Å². The summed E-state index contributed by atoms with van der Waals surface area (Å²) in [5.41, 5.74) is 0.771. The Morgan fingerprint density at radius 3 is 2.67 bits per heavy atom. The molecule has 0 saturated heterocycles. The molecule has 1 aromatic carbocycles. The SMILES string of the molecule is CCOCCCOc1cc(OC)ccc1[C@@H](C)O. The Morgan fingerprint density at radius 1 is 1.28 bits per heavy atom. The molecule has 1 atom stereocenters. The van der Waals surface area contributed by atoms with Gasteiger partial charge in [0.15, 0.2) is 0 Å². The Kier molecular flexibility index (Phi) is 6.54. The van der Waals surface area contributed by atoms with Crippen molar-refractivity contribution in [1.82, 2.24) is 0 Å². The van der Waals surface area contributed by atoms with E-state index in [1.165, 1.54) is 0 Å². The maximum atomic E-state index is 9.66. The molecule has 0 bridgehead atoms. The van der Waals surface area contributed by atoms with Crippen molar-refractivity contribution in [1.29, 1.82) is 0 Å². The number of hydrogen-bond acceptors (Lipinski definition) is 4. The minimum atomic E-state index is -0.558. The average Bonchev–Trinajstić information content (AvgIpc) is 2.38. The lowest BCUT2D eigenvalue weighted by Crippen LogP contribution is -2.05. The normalized spacial score (nSPS) is 12.2. The van der Waals surface area contributed by atoms with Crippen molar-refractivity contribution in [2.75, 3.05) is 26.9 Å². The first-order chi connectivity index (χ1) is 8.69. The quantitative estimate of drug-likeness (QED) is 0.724. The van der Waals surface area contributed by atoms with E-state index in [4.69, 9.17) is 14.2 Å². The zero-order valence-corrected chi connectivity index (χ0v) is 11.3. The highest BCUT2D eigenvalue weighted by Crippen LogP contribution is 2.29. The predicted octanol–water partition coefficient (Wildman–Crippen LogP) is 2.55. The molecule has 102 valence electrons. The second kappa shape index (κ2) is 7.95. The van der Waals surface area contributed by atoms with E-state index in [0.717, 1.165) is 24.3 Å². The summed E-state index contributed by atoms with van der Waals surface area (Å²) in [6, 6.07) is 5.43. The molecule has 4 heteroatoms. The van der Waals surface area contributed by atoms with Crippen molar-refractivity contribution in [3.05, 3.63) is 23.8 Å². The zero-order chi connectivity index (χ0) is 13.4. The average molecular weight is 254 g/mol. The third-order valence-corrected chi connectivity index (χ3v) is 2.57. The maximum Gasteiger partial charge on any atom is 0.128 e. The van der Waals surface area contributed by atoms with Crippen LogP contribution in [0.3, 0.4) is 0 Å². The smallest absolute Gasteiger partial charge is 0.128 e. The van der Waals surface area contributed by atoms with E-state index >= 15 is 0 Å². The van der Waals surface area contributed by atoms with Crippen molar-refractivity contribution >= 4 is 0 Å². The number of hydrogen-bond donors (Lipinski definition) is 1. The van der Waals surface area contributed by atoms with Crippen LogP contribution in [0.15, 0.2) is 18.2 Å². The van der Waals surface area contributed by atoms with Crippen LogP contribution in [0.4, 0.5) is 0 Å². The van der Waals surface area contributed by atoms with Crippen molar-refractivity contribution < 1.29 is 19.3 Å². The standard InChI is InChI=1S/C14H22O4/c1-4-17-8-5-9-18-14-10-12(16-3)6-7-13(14)11(2)15/h6-7,10-11,15H,4-5,8-9H2,1-3H3/t11-/m1/s1. The van der Waals surface area contributed by atoms with Gasteiger partial charge in [0.2, 0.25) is 0 Å². The van der Waals surface area contributed by atoms with Gasteiger partial charge in [0.25, 0.3) is 0 Å². The topological polar surface area (TPSA) is 47.9 Å². The molecule has 0 spiro atoms. The van der Waals surface area contributed by atoms with Gasteiger partial charge in [0.05, 0.1) is 19.8 Å². The molecule has 1 rings (SSSR count). The van der Waals surface area contributed by atoms with E-state index in [0.29, 0.717) is 19.0 Å². The summed E-state index contributed by atoms with van der Waals surface area (Å²) < 4.78 is 16.1. The van der Waals surface area contributed by atoms with Gasteiger partial charge in [-0.25, -0.2) is 0 Å². The molecular weight excluding hydrogens is 232 g/mol. The number of benzene rings is 1. The molecule has 4 nitrogen and oxygen atoms in total. The van der Waals surface area contributed by atoms with Gasteiger partial charge < -0.3 is 19.3 Å². The second-order valence-electron chi connectivity index (χ2n) is 3.98. The zero-order valence-electron chi connectivity index (χ0n) is 11.3. The van der Waals surface area contributed by atoms with Gasteiger partial charge in [0, 0.05) is 31.3 Å². The molecule has 0 aromatic heterocycles. The van der Waals surface area contributed by atoms with E-state index < -0.39 is 6.10 Å². The molecule has 1 N–H and O–H groups in total. The van der Waals surface area contributed by atoms with Crippen LogP contribution < -0.4 is 9.47 Å². The fraction of sp³-hybridized carbons (Fsp3) is 0.571. The third-order valence-electron chi connectivity index (χ3n) is 2.57. The summed E-state index contributed by atoms with van der Waals surface area (Å²) in [6.45, 7) is 5.65. The van der Waals surface area contributed by atoms with Crippen molar-refractivity contribution in [3.8, 4) is 11.5 Å². The molecule has 0 radical (unpaired) electrons. The van der Waals surface area contributed by atoms with Gasteiger partial charge in [0.1, 0.15) is 11.5 Å². The van der Waals surface area contributed by atoms with Crippen LogP contribution in [-0.2, 0) is 4.74 Å². The Bertz CT molecular complexity index is 350. The molecule has 0 heterocycles. The van der Waals surface area contributed by atoms with Gasteiger partial charge >= 0.3 is 0 Å². The molecule has 18 heavy (non-hydrogen) atoms. The van der Waals surface area contributed by atoms with E-state index in [1.54, 1.807) is 20.1 Å². The van der Waals surface area contributed by atoms with Gasteiger partial charge in [-0.1, -0.05) is 0 Å². The number of rotatable bonds is 8. The van der Waals surface area contributed by atoms with E-state index in [-0.39, 0.29) is 0 Å². The summed E-state index contributed by atoms with van der Waals surface area (Å²) >= 11 is 0. The highest BCUT2D eigenvalue weighted by atomic mass is 16.5. The Hall–Kier alpha value is -1.26. The molecule has 0 fully saturated rings. The summed E-state index contributed by atoms with van der Waals surface area (Å²) in [6.07, 6.45) is 0.266. The van der Waals surface area contributed by atoms with Crippen molar-refractivity contribution in [2.24, 2.45) is 0 Å². The first-order valence-electron chi connectivity index (χ1n) is 6.25. The Labute approximate surface area is 108 Å². The summed E-state index contributed by atoms with van der Waals surface area (Å²) in [4.78, 5) is 0. The molecule has 0 aliphatic rings. The monoisotopic (exact) mass is 254 g/mol. The lowest BCUT2D eigenvalue weighted by molar-refractivity contribution is 0.129. The number of aliphatic hydroxyl groups is 1. The molecule has 0 amide bonds. The molecular formula is C14H22O4. The minimum absolute atomic E-state index is 0.558. The fourth-order valence-corrected chi connectivity index (χ4v) is 1.60. The summed E-state index contributed by atoms with van der Waals surface area (Å²) in [7, 11) is 1.61. The van der Waals surface area contributed by atoms with Crippen LogP contribution in [0.1, 0.15) is 31.9 Å². The first kappa shape index (κ1) is 14.8. The summed E-state index contributed by atoms with van der Waals surface area (Å²) in [5.74, 6) is 1.39. The fourth-order valence-electron chi connectivity index (χ4n) is 1.60. The molecule has 0 aliphatic carbocycles. The molecule has 0 unspecified atom stereocenters. The van der Waals surface area contributed by atoms with Gasteiger partial charge in [-0.05, 0) is 26.0 Å². The molecule has 0 aliphatic heterocycles. The minimum Gasteiger partial charge on any atom is -0.497 e. The number of ether oxygens (including phenoxy) is 3. The second-order valence-corrected chi connectivity index (χ2v) is 3.98. The van der Waals surface area contributed by atoms with Crippen LogP contribution in [0.5, 0.6) is 11.5 Å². The lowest BCUT2D eigenvalue weighted by Gasteiger charge is -2.14. The molecule has 0 saturated carbocycles. The van der Waals surface area contributed by atoms with Gasteiger partial charge in [-0.3, -0.25) is 0 Å². The van der Waals surface area contributed by atoms with Crippen LogP contribution in [0, 0.1) is 0 Å². The van der Waals surface area contributed by atoms with Crippen LogP contribution in [0.2, 0.25) is 0 Å². The summed E-state index contributed by atoms with van der Waals surface area (Å²) in [5, 5.41) is 9.66. The highest BCUT2D eigenvalue weighted by Gasteiger charge is 2.10. The van der Waals surface area contributed by atoms with Crippen LogP contribution in [-0.4, -0.2) is 32.0 Å². The van der Waals surface area contributed by atoms with E-state index in [2.05, 4.69) is 0 Å². The number of aliphatic hydroxyl groups excluding tert-OH is 1. The van der Waals surface area contributed by atoms with Crippen molar-refractivity contribution in [2.45, 2.75) is 26.4 Å². The molecule has 1 aromatic rings. The van der Waals surface area contributed by atoms with E-state index in [9.17, 15) is 5.11 Å². The predicted molar refractivity (Wildman–Crippen MR) is 70.2 cm³/mol. The number of methoxy groups -OCH3 is 1. The Balaban J connectivity index is 2.60. The third kappa shape index (κ3) is 4.55. The maximum absolute atomic E-state index is 9.66. The van der Waals surface area contributed by atoms with E-state index in [1.807, 2.05) is 19.1 Å². The van der Waals surface area contributed by atoms with Gasteiger partial charge in [-0.15, -0.1) is 0 Å². The largest absolute Gasteiger partial charge is 0.497 e. The van der Waals surface area contributed by atoms with Crippen LogP contribution in [0.25, 0.3) is 0 Å². The van der Waals surface area contributed by atoms with Crippen LogP contribution >= 0.6 is 0 Å². The lowest BCUT2D eigenvalue weighted by atomic mass is 10.1. The highest BCUT2D eigenvalue weighted by molar-refractivity contribution is 5.41. The first-order valence-corrected chi connectivity index (χ1v) is 6.25.